The van der Waals surface area contributed by atoms with Gasteiger partial charge in [0.15, 0.2) is 12.4 Å². The first-order valence-electron chi connectivity index (χ1n) is 14.3. The molecule has 0 radical (unpaired) electrons. The van der Waals surface area contributed by atoms with E-state index in [1.54, 1.807) is 25.2 Å². The number of ether oxygens (including phenoxy) is 1. The molecule has 0 spiro atoms. The molecule has 224 valence electrons. The summed E-state index contributed by atoms with van der Waals surface area (Å²) < 4.78 is 36.8. The third-order valence-electron chi connectivity index (χ3n) is 8.27. The molecule has 42 heavy (non-hydrogen) atoms. The molecule has 4 heterocycles. The van der Waals surface area contributed by atoms with Crippen LogP contribution in [0.2, 0.25) is 5.02 Å². The van der Waals surface area contributed by atoms with E-state index in [4.69, 9.17) is 16.3 Å². The summed E-state index contributed by atoms with van der Waals surface area (Å²) in [7, 11) is 1.59. The Hall–Kier alpha value is -3.67. The number of hydrogen-bond donors (Lipinski definition) is 3. The molecule has 3 N–H and O–H groups in total. The highest BCUT2D eigenvalue weighted by Crippen LogP contribution is 2.45. The smallest absolute Gasteiger partial charge is 0.301 e. The van der Waals surface area contributed by atoms with Gasteiger partial charge in [0.05, 0.1) is 29.4 Å². The van der Waals surface area contributed by atoms with Crippen LogP contribution in [-0.2, 0) is 11.8 Å². The number of benzene rings is 1. The van der Waals surface area contributed by atoms with Gasteiger partial charge in [-0.15, -0.1) is 0 Å². The quantitative estimate of drug-likeness (QED) is 0.377. The van der Waals surface area contributed by atoms with Crippen LogP contribution in [0.1, 0.15) is 33.1 Å². The first-order valence-corrected chi connectivity index (χ1v) is 14.7. The van der Waals surface area contributed by atoms with Gasteiger partial charge in [-0.25, -0.2) is 13.8 Å². The molecule has 2 aliphatic heterocycles. The van der Waals surface area contributed by atoms with Gasteiger partial charge in [-0.2, -0.15) is 4.98 Å². The van der Waals surface area contributed by atoms with Gasteiger partial charge >= 0.3 is 5.92 Å². The third kappa shape index (κ3) is 5.32. The average molecular weight is 602 g/mol. The number of fused-ring (bicyclic) bond motifs is 3. The molecule has 0 unspecified atom stereocenters. The van der Waals surface area contributed by atoms with Crippen LogP contribution in [0, 0.1) is 17.8 Å². The molecule has 0 bridgehead atoms. The minimum Gasteiger partial charge on any atom is -0.480 e. The number of alkyl halides is 2. The van der Waals surface area contributed by atoms with E-state index in [9.17, 15) is 18.4 Å². The van der Waals surface area contributed by atoms with Crippen molar-refractivity contribution in [3.8, 4) is 5.75 Å². The van der Waals surface area contributed by atoms with Crippen molar-refractivity contribution < 1.29 is 18.3 Å². The van der Waals surface area contributed by atoms with Crippen LogP contribution in [0.3, 0.4) is 0 Å². The standard InChI is InChI=1S/C29H34ClF2N7O3/c1-4-33-26(40)17-9-15(2)12-39(13-17)28-34-11-20(30)25(37-28)35-18-7-8-21-19(10-18)22-23(27(41)38(21)3)42-14-29(31,32)24(36-22)16-5-6-16/h7-8,10-11,15-17,24,36H,4-6,9,12-14H2,1-3H3,(H,33,40)(H,34,35,37)/t15-,17+,24-/m0/s1. The monoisotopic (exact) mass is 601 g/mol. The lowest BCUT2D eigenvalue weighted by Crippen LogP contribution is -2.46. The number of anilines is 4. The topological polar surface area (TPSA) is 113 Å². The zero-order valence-electron chi connectivity index (χ0n) is 23.7. The number of nitrogens with zero attached hydrogens (tertiary/aromatic N) is 4. The van der Waals surface area contributed by atoms with Crippen LogP contribution in [0.25, 0.3) is 10.9 Å². The van der Waals surface area contributed by atoms with Crippen LogP contribution in [0.15, 0.2) is 29.2 Å². The lowest BCUT2D eigenvalue weighted by molar-refractivity contribution is -0.125. The predicted octanol–water partition coefficient (Wildman–Crippen LogP) is 4.54. The zero-order valence-corrected chi connectivity index (χ0v) is 24.5. The molecular formula is C29H34ClF2N7O3. The Balaban J connectivity index is 1.33. The number of carbonyl (C=O) groups is 1. The van der Waals surface area contributed by atoms with E-state index in [2.05, 4.69) is 32.8 Å². The van der Waals surface area contributed by atoms with Crippen LogP contribution < -0.4 is 31.1 Å². The summed E-state index contributed by atoms with van der Waals surface area (Å²) in [6.07, 6.45) is 3.70. The minimum absolute atomic E-state index is 0.0188. The summed E-state index contributed by atoms with van der Waals surface area (Å²) in [6, 6.07) is 4.16. The number of aryl methyl sites for hydroxylation is 1. The van der Waals surface area contributed by atoms with E-state index < -0.39 is 24.1 Å². The molecular weight excluding hydrogens is 568 g/mol. The molecule has 13 heteroatoms. The number of hydrogen-bond acceptors (Lipinski definition) is 8. The van der Waals surface area contributed by atoms with E-state index in [1.807, 2.05) is 11.8 Å². The van der Waals surface area contributed by atoms with Crippen LogP contribution in [-0.4, -0.2) is 58.6 Å². The fourth-order valence-electron chi connectivity index (χ4n) is 6.04. The molecule has 3 aliphatic rings. The first kappa shape index (κ1) is 28.4. The average Bonchev–Trinajstić information content (AvgIpc) is 3.80. The van der Waals surface area contributed by atoms with E-state index in [-0.39, 0.29) is 35.1 Å². The molecule has 1 aromatic carbocycles. The Morgan fingerprint density at radius 1 is 1.29 bits per heavy atom. The van der Waals surface area contributed by atoms with Crippen molar-refractivity contribution in [3.63, 3.8) is 0 Å². The summed E-state index contributed by atoms with van der Waals surface area (Å²) in [5.74, 6) is -2.50. The van der Waals surface area contributed by atoms with Crippen LogP contribution in [0.5, 0.6) is 5.75 Å². The second kappa shape index (κ2) is 10.9. The molecule has 1 saturated carbocycles. The minimum atomic E-state index is -3.12. The second-order valence-electron chi connectivity index (χ2n) is 11.6. The van der Waals surface area contributed by atoms with Crippen LogP contribution in [0.4, 0.5) is 31.9 Å². The molecule has 3 aromatic rings. The van der Waals surface area contributed by atoms with Gasteiger partial charge in [-0.05, 0) is 56.2 Å². The summed E-state index contributed by atoms with van der Waals surface area (Å²) >= 11 is 6.50. The fraction of sp³-hybridized carbons (Fsp3) is 0.517. The SMILES string of the molecule is CCNC(=O)[C@@H]1C[C@H](C)CN(c2ncc(Cl)c(Nc3ccc4c(c3)c3c(c(=O)n4C)OCC(F)(F)[C@H](C4CC4)N3)n2)C1. The van der Waals surface area contributed by atoms with Crippen molar-refractivity contribution in [3.05, 3.63) is 39.8 Å². The molecule has 1 amide bonds. The summed E-state index contributed by atoms with van der Waals surface area (Å²) in [4.78, 5) is 36.8. The number of carbonyl (C=O) groups excluding carboxylic acids is 1. The zero-order chi connectivity index (χ0) is 29.8. The molecule has 6 rings (SSSR count). The van der Waals surface area contributed by atoms with Crippen molar-refractivity contribution in [2.24, 2.45) is 24.8 Å². The normalized spacial score (nSPS) is 23.4. The summed E-state index contributed by atoms with van der Waals surface area (Å²) in [5.41, 5.74) is 0.929. The Kier molecular flexibility index (Phi) is 7.36. The summed E-state index contributed by atoms with van der Waals surface area (Å²) in [5, 5.41) is 9.99. The van der Waals surface area contributed by atoms with Gasteiger partial charge in [0, 0.05) is 37.8 Å². The number of rotatable bonds is 6. The van der Waals surface area contributed by atoms with Crippen molar-refractivity contribution in [1.82, 2.24) is 19.9 Å². The number of pyridine rings is 1. The molecule has 1 aliphatic carbocycles. The highest BCUT2D eigenvalue weighted by Gasteiger charge is 2.51. The molecule has 2 fully saturated rings. The van der Waals surface area contributed by atoms with E-state index >= 15 is 0 Å². The fourth-order valence-corrected chi connectivity index (χ4v) is 6.18. The Labute approximate surface area is 246 Å². The van der Waals surface area contributed by atoms with Crippen molar-refractivity contribution >= 4 is 51.6 Å². The van der Waals surface area contributed by atoms with Gasteiger partial charge in [0.25, 0.3) is 5.56 Å². The largest absolute Gasteiger partial charge is 0.480 e. The Bertz CT molecular complexity index is 1600. The number of nitrogens with one attached hydrogen (secondary N) is 3. The van der Waals surface area contributed by atoms with Crippen LogP contribution >= 0.6 is 11.6 Å². The molecule has 1 saturated heterocycles. The number of halogens is 3. The van der Waals surface area contributed by atoms with Gasteiger partial charge in [0.1, 0.15) is 5.02 Å². The maximum absolute atomic E-state index is 15.0. The second-order valence-corrected chi connectivity index (χ2v) is 12.0. The lowest BCUT2D eigenvalue weighted by atomic mass is 9.90. The summed E-state index contributed by atoms with van der Waals surface area (Å²) in [6.45, 7) is 4.90. The highest BCUT2D eigenvalue weighted by molar-refractivity contribution is 6.33. The Morgan fingerprint density at radius 2 is 2.07 bits per heavy atom. The maximum Gasteiger partial charge on any atom is 0.301 e. The maximum atomic E-state index is 15.0. The van der Waals surface area contributed by atoms with Crippen molar-refractivity contribution in [2.75, 3.05) is 41.8 Å². The number of amides is 1. The number of aromatic nitrogens is 3. The van der Waals surface area contributed by atoms with Crippen molar-refractivity contribution in [1.29, 1.82) is 0 Å². The van der Waals surface area contributed by atoms with Gasteiger partial charge in [0.2, 0.25) is 17.6 Å². The number of piperidine rings is 1. The molecule has 2 aromatic heterocycles. The van der Waals surface area contributed by atoms with E-state index in [0.717, 1.165) is 6.42 Å². The van der Waals surface area contributed by atoms with E-state index in [1.165, 1.54) is 10.8 Å². The highest BCUT2D eigenvalue weighted by atomic mass is 35.5. The molecule has 10 nitrogen and oxygen atoms in total. The van der Waals surface area contributed by atoms with Gasteiger partial charge in [-0.3, -0.25) is 9.59 Å². The predicted molar refractivity (Wildman–Crippen MR) is 158 cm³/mol. The third-order valence-corrected chi connectivity index (χ3v) is 8.55. The van der Waals surface area contributed by atoms with Crippen molar-refractivity contribution in [2.45, 2.75) is 45.1 Å². The Morgan fingerprint density at radius 3 is 2.81 bits per heavy atom. The van der Waals surface area contributed by atoms with Gasteiger partial charge in [-0.1, -0.05) is 18.5 Å². The van der Waals surface area contributed by atoms with Gasteiger partial charge < -0.3 is 30.2 Å². The molecule has 3 atom stereocenters. The lowest BCUT2D eigenvalue weighted by Gasteiger charge is -2.35. The first-order chi connectivity index (χ1) is 20.1. The van der Waals surface area contributed by atoms with E-state index in [0.29, 0.717) is 65.9 Å².